The van der Waals surface area contributed by atoms with E-state index in [4.69, 9.17) is 15.2 Å². The Morgan fingerprint density at radius 1 is 1.30 bits per heavy atom. The van der Waals surface area contributed by atoms with Gasteiger partial charge in [-0.3, -0.25) is 4.79 Å². The van der Waals surface area contributed by atoms with Crippen molar-refractivity contribution < 1.29 is 19.1 Å². The van der Waals surface area contributed by atoms with E-state index in [1.165, 1.54) is 7.11 Å². The van der Waals surface area contributed by atoms with Crippen molar-refractivity contribution in [2.24, 2.45) is 0 Å². The summed E-state index contributed by atoms with van der Waals surface area (Å²) in [6.07, 6.45) is 0.772. The number of hydrogen-bond donors (Lipinski definition) is 1. The lowest BCUT2D eigenvalue weighted by Gasteiger charge is -2.18. The molecule has 0 saturated carbocycles. The van der Waals surface area contributed by atoms with Crippen LogP contribution in [0.3, 0.4) is 0 Å². The van der Waals surface area contributed by atoms with Gasteiger partial charge < -0.3 is 15.2 Å². The zero-order valence-electron chi connectivity index (χ0n) is 15.3. The Bertz CT molecular complexity index is 973. The number of hydrogen-bond acceptors (Lipinski definition) is 6. The van der Waals surface area contributed by atoms with Gasteiger partial charge in [-0.15, -0.1) is 0 Å². The van der Waals surface area contributed by atoms with Crippen LogP contribution in [-0.2, 0) is 27.1 Å². The highest BCUT2D eigenvalue weighted by Gasteiger charge is 2.32. The molecule has 1 aliphatic rings. The van der Waals surface area contributed by atoms with E-state index in [0.717, 1.165) is 16.7 Å². The maximum atomic E-state index is 12.8. The number of nitrogens with two attached hydrogens (primary N) is 1. The maximum Gasteiger partial charge on any atom is 0.338 e. The number of nitrogens with zero attached hydrogens (tertiary/aromatic N) is 1. The van der Waals surface area contributed by atoms with E-state index in [9.17, 15) is 14.9 Å². The van der Waals surface area contributed by atoms with Gasteiger partial charge in [-0.1, -0.05) is 24.3 Å². The molecule has 0 saturated heterocycles. The van der Waals surface area contributed by atoms with E-state index in [1.54, 1.807) is 6.92 Å². The van der Waals surface area contributed by atoms with Crippen molar-refractivity contribution in [3.63, 3.8) is 0 Å². The third-order valence-electron chi connectivity index (χ3n) is 4.80. The molecule has 0 aliphatic heterocycles. The number of fused-ring (bicyclic) bond motifs is 3. The molecule has 2 aromatic carbocycles. The quantitative estimate of drug-likeness (QED) is 0.551. The fourth-order valence-corrected chi connectivity index (χ4v) is 3.62. The smallest absolute Gasteiger partial charge is 0.338 e. The summed E-state index contributed by atoms with van der Waals surface area (Å²) in [5.74, 6) is -0.899. The molecule has 2 aromatic rings. The van der Waals surface area contributed by atoms with Crippen LogP contribution in [0.2, 0.25) is 0 Å². The number of carbonyl (C=O) groups excluding carboxylic acids is 2. The lowest BCUT2D eigenvalue weighted by atomic mass is 9.88. The molecular weight excluding hydrogens is 344 g/mol. The molecule has 0 fully saturated rings. The van der Waals surface area contributed by atoms with Gasteiger partial charge in [0, 0.05) is 12.0 Å². The van der Waals surface area contributed by atoms with E-state index in [-0.39, 0.29) is 25.1 Å². The first-order valence-electron chi connectivity index (χ1n) is 8.72. The number of nitriles is 1. The molecule has 0 amide bonds. The van der Waals surface area contributed by atoms with Crippen LogP contribution in [-0.4, -0.2) is 25.7 Å². The lowest BCUT2D eigenvalue weighted by Crippen LogP contribution is -2.16. The van der Waals surface area contributed by atoms with Crippen molar-refractivity contribution in [3.8, 4) is 17.2 Å². The van der Waals surface area contributed by atoms with E-state index in [1.807, 2.05) is 24.3 Å². The molecule has 138 valence electrons. The monoisotopic (exact) mass is 364 g/mol. The normalized spacial score (nSPS) is 11.3. The molecule has 0 bridgehead atoms. The number of anilines is 1. The molecule has 27 heavy (non-hydrogen) atoms. The average molecular weight is 364 g/mol. The van der Waals surface area contributed by atoms with Gasteiger partial charge in [0.2, 0.25) is 0 Å². The number of nitrogen functional groups attached to an aromatic ring is 1. The average Bonchev–Trinajstić information content (AvgIpc) is 3.04. The first-order chi connectivity index (χ1) is 13.0. The summed E-state index contributed by atoms with van der Waals surface area (Å²) in [6, 6.07) is 9.88. The van der Waals surface area contributed by atoms with Crippen molar-refractivity contribution >= 4 is 17.6 Å². The molecule has 6 nitrogen and oxygen atoms in total. The molecule has 0 spiro atoms. The number of methoxy groups -OCH3 is 1. The van der Waals surface area contributed by atoms with Gasteiger partial charge in [0.05, 0.1) is 30.5 Å². The fraction of sp³-hybridized carbons (Fsp3) is 0.286. The zero-order valence-corrected chi connectivity index (χ0v) is 15.3. The molecule has 6 heteroatoms. The van der Waals surface area contributed by atoms with Crippen molar-refractivity contribution in [2.75, 3.05) is 19.5 Å². The first-order valence-corrected chi connectivity index (χ1v) is 8.72. The van der Waals surface area contributed by atoms with Crippen LogP contribution in [0, 0.1) is 11.3 Å². The van der Waals surface area contributed by atoms with Gasteiger partial charge in [-0.05, 0) is 42.0 Å². The van der Waals surface area contributed by atoms with Crippen LogP contribution >= 0.6 is 0 Å². The molecule has 0 radical (unpaired) electrons. The number of esters is 2. The Kier molecular flexibility index (Phi) is 5.13. The molecule has 0 atom stereocenters. The first kappa shape index (κ1) is 18.5. The number of ether oxygens (including phenoxy) is 2. The summed E-state index contributed by atoms with van der Waals surface area (Å²) in [4.78, 5) is 24.4. The maximum absolute atomic E-state index is 12.8. The number of benzene rings is 2. The highest BCUT2D eigenvalue weighted by molar-refractivity contribution is 6.01. The fourth-order valence-electron chi connectivity index (χ4n) is 3.62. The highest BCUT2D eigenvalue weighted by Crippen LogP contribution is 2.45. The lowest BCUT2D eigenvalue weighted by molar-refractivity contribution is -0.140. The molecule has 0 aromatic heterocycles. The van der Waals surface area contributed by atoms with Gasteiger partial charge in [-0.2, -0.15) is 5.26 Å². The van der Waals surface area contributed by atoms with Gasteiger partial charge in [0.25, 0.3) is 0 Å². The number of rotatable bonds is 5. The predicted molar refractivity (Wildman–Crippen MR) is 100 cm³/mol. The summed E-state index contributed by atoms with van der Waals surface area (Å²) in [5, 5.41) is 9.75. The summed E-state index contributed by atoms with van der Waals surface area (Å²) >= 11 is 0. The van der Waals surface area contributed by atoms with E-state index in [0.29, 0.717) is 28.7 Å². The minimum atomic E-state index is -0.488. The van der Waals surface area contributed by atoms with E-state index < -0.39 is 11.9 Å². The van der Waals surface area contributed by atoms with Crippen LogP contribution in [0.5, 0.6) is 0 Å². The highest BCUT2D eigenvalue weighted by atomic mass is 16.5. The third kappa shape index (κ3) is 3.13. The second kappa shape index (κ2) is 7.50. The molecule has 0 unspecified atom stereocenters. The minimum absolute atomic E-state index is 0.0592. The van der Waals surface area contributed by atoms with Gasteiger partial charge in [0.1, 0.15) is 6.07 Å². The largest absolute Gasteiger partial charge is 0.469 e. The minimum Gasteiger partial charge on any atom is -0.469 e. The topological polar surface area (TPSA) is 102 Å². The molecule has 0 heterocycles. The van der Waals surface area contributed by atoms with Crippen molar-refractivity contribution in [2.45, 2.75) is 26.2 Å². The van der Waals surface area contributed by atoms with E-state index >= 15 is 0 Å². The summed E-state index contributed by atoms with van der Waals surface area (Å²) in [7, 11) is 1.30. The SMILES string of the molecule is CCOC(=O)c1c(CCC(=O)OC)c(N)c(C#N)c2c1Cc1ccccc1-2. The van der Waals surface area contributed by atoms with Crippen molar-refractivity contribution in [1.29, 1.82) is 5.26 Å². The zero-order chi connectivity index (χ0) is 19.6. The van der Waals surface area contributed by atoms with E-state index in [2.05, 4.69) is 6.07 Å². The molecule has 2 N–H and O–H groups in total. The Balaban J connectivity index is 2.26. The van der Waals surface area contributed by atoms with Crippen LogP contribution < -0.4 is 5.73 Å². The van der Waals surface area contributed by atoms with Crippen molar-refractivity contribution in [1.82, 2.24) is 0 Å². The number of carbonyl (C=O) groups is 2. The van der Waals surface area contributed by atoms with Crippen LogP contribution in [0.4, 0.5) is 5.69 Å². The van der Waals surface area contributed by atoms with Crippen LogP contribution in [0.15, 0.2) is 24.3 Å². The standard InChI is InChI=1S/C21H20N2O4/c1-3-27-21(25)19-14(8-9-17(24)26-2)20(23)16(11-22)18-13-7-5-4-6-12(13)10-15(18)19/h4-7H,3,8-10,23H2,1-2H3. The van der Waals surface area contributed by atoms with Gasteiger partial charge in [-0.25, -0.2) is 4.79 Å². The second-order valence-electron chi connectivity index (χ2n) is 6.24. The van der Waals surface area contributed by atoms with Gasteiger partial charge >= 0.3 is 11.9 Å². The summed E-state index contributed by atoms with van der Waals surface area (Å²) < 4.78 is 9.96. The second-order valence-corrected chi connectivity index (χ2v) is 6.24. The Hall–Kier alpha value is -3.33. The Labute approximate surface area is 157 Å². The summed E-state index contributed by atoms with van der Waals surface area (Å²) in [6.45, 7) is 1.95. The molecular formula is C21H20N2O4. The Morgan fingerprint density at radius 2 is 2.04 bits per heavy atom. The summed E-state index contributed by atoms with van der Waals surface area (Å²) in [5.41, 5.74) is 11.1. The predicted octanol–water partition coefficient (Wildman–Crippen LogP) is 2.99. The Morgan fingerprint density at radius 3 is 2.70 bits per heavy atom. The molecule has 1 aliphatic carbocycles. The van der Waals surface area contributed by atoms with Crippen LogP contribution in [0.1, 0.15) is 46.0 Å². The van der Waals surface area contributed by atoms with Crippen LogP contribution in [0.25, 0.3) is 11.1 Å². The molecule has 3 rings (SSSR count). The van der Waals surface area contributed by atoms with Crippen molar-refractivity contribution in [3.05, 3.63) is 52.1 Å². The van der Waals surface area contributed by atoms with Gasteiger partial charge in [0.15, 0.2) is 0 Å². The third-order valence-corrected chi connectivity index (χ3v) is 4.80.